The number of carbonyl (C=O) groups excluding carboxylic acids is 1. The summed E-state index contributed by atoms with van der Waals surface area (Å²) in [5.74, 6) is 1.81. The lowest BCUT2D eigenvalue weighted by molar-refractivity contribution is 0.0751. The van der Waals surface area contributed by atoms with Crippen LogP contribution in [-0.2, 0) is 0 Å². The van der Waals surface area contributed by atoms with Crippen LogP contribution in [0.1, 0.15) is 26.9 Å². The second-order valence-corrected chi connectivity index (χ2v) is 8.89. The monoisotopic (exact) mass is 432 g/mol. The second kappa shape index (κ2) is 7.77. The number of benzene rings is 1. The van der Waals surface area contributed by atoms with Crippen molar-refractivity contribution < 1.29 is 4.79 Å². The van der Waals surface area contributed by atoms with Crippen molar-refractivity contribution in [2.24, 2.45) is 0 Å². The van der Waals surface area contributed by atoms with Gasteiger partial charge in [0.25, 0.3) is 5.91 Å². The first-order chi connectivity index (χ1) is 15.0. The molecule has 0 aliphatic carbocycles. The standard InChI is InChI=1S/C23H24N6OS/c1-15-13-21(25-17(3)24-15)27-9-11-28(12-10-27)22(30)20-14-19-16(2)26-29(23(19)31-20)18-7-5-4-6-8-18/h4-8,13-14H,9-12H2,1-3H3. The summed E-state index contributed by atoms with van der Waals surface area (Å²) in [6.07, 6.45) is 0. The number of aryl methyl sites for hydroxylation is 3. The van der Waals surface area contributed by atoms with Crippen molar-refractivity contribution in [1.82, 2.24) is 24.6 Å². The van der Waals surface area contributed by atoms with Crippen molar-refractivity contribution >= 4 is 33.3 Å². The number of thiophene rings is 1. The minimum absolute atomic E-state index is 0.0925. The van der Waals surface area contributed by atoms with E-state index in [9.17, 15) is 4.79 Å². The van der Waals surface area contributed by atoms with Crippen molar-refractivity contribution in [2.75, 3.05) is 31.1 Å². The number of nitrogens with zero attached hydrogens (tertiary/aromatic N) is 6. The van der Waals surface area contributed by atoms with Gasteiger partial charge in [-0.2, -0.15) is 5.10 Å². The number of hydrogen-bond acceptors (Lipinski definition) is 6. The molecular weight excluding hydrogens is 408 g/mol. The summed E-state index contributed by atoms with van der Waals surface area (Å²) >= 11 is 1.52. The third-order valence-electron chi connectivity index (χ3n) is 5.60. The molecule has 0 N–H and O–H groups in total. The molecule has 0 saturated carbocycles. The van der Waals surface area contributed by atoms with Crippen LogP contribution in [0.5, 0.6) is 0 Å². The average molecular weight is 433 g/mol. The Labute approximate surface area is 185 Å². The SMILES string of the molecule is Cc1cc(N2CCN(C(=O)c3cc4c(C)nn(-c5ccccc5)c4s3)CC2)nc(C)n1. The van der Waals surface area contributed by atoms with Crippen LogP contribution in [0.2, 0.25) is 0 Å². The van der Waals surface area contributed by atoms with Crippen LogP contribution in [0.15, 0.2) is 42.5 Å². The molecule has 4 aromatic rings. The third kappa shape index (κ3) is 3.67. The van der Waals surface area contributed by atoms with Gasteiger partial charge in [0.05, 0.1) is 16.3 Å². The number of para-hydroxylation sites is 1. The first-order valence-corrected chi connectivity index (χ1v) is 11.2. The van der Waals surface area contributed by atoms with E-state index < -0.39 is 0 Å². The van der Waals surface area contributed by atoms with Crippen LogP contribution in [0.3, 0.4) is 0 Å². The summed E-state index contributed by atoms with van der Waals surface area (Å²) < 4.78 is 1.93. The summed E-state index contributed by atoms with van der Waals surface area (Å²) in [6.45, 7) is 8.78. The fraction of sp³-hybridized carbons (Fsp3) is 0.304. The molecule has 1 fully saturated rings. The van der Waals surface area contributed by atoms with E-state index in [-0.39, 0.29) is 5.91 Å². The molecule has 0 radical (unpaired) electrons. The van der Waals surface area contributed by atoms with Gasteiger partial charge in [-0.25, -0.2) is 14.6 Å². The lowest BCUT2D eigenvalue weighted by Gasteiger charge is -2.35. The smallest absolute Gasteiger partial charge is 0.264 e. The molecule has 8 heteroatoms. The van der Waals surface area contributed by atoms with Crippen molar-refractivity contribution in [1.29, 1.82) is 0 Å². The van der Waals surface area contributed by atoms with Crippen LogP contribution >= 0.6 is 11.3 Å². The maximum Gasteiger partial charge on any atom is 0.264 e. The zero-order valence-electron chi connectivity index (χ0n) is 17.9. The summed E-state index contributed by atoms with van der Waals surface area (Å²) in [4.78, 5) is 28.1. The molecule has 3 aromatic heterocycles. The number of fused-ring (bicyclic) bond motifs is 1. The Bertz CT molecular complexity index is 1230. The van der Waals surface area contributed by atoms with E-state index in [1.54, 1.807) is 0 Å². The Kier molecular flexibility index (Phi) is 4.94. The van der Waals surface area contributed by atoms with Gasteiger partial charge in [0, 0.05) is 43.3 Å². The quantitative estimate of drug-likeness (QED) is 0.493. The van der Waals surface area contributed by atoms with E-state index >= 15 is 0 Å². The number of rotatable bonds is 3. The topological polar surface area (TPSA) is 67.2 Å². The lowest BCUT2D eigenvalue weighted by atomic mass is 10.2. The number of hydrogen-bond donors (Lipinski definition) is 0. The van der Waals surface area contributed by atoms with Gasteiger partial charge in [-0.3, -0.25) is 4.79 Å². The molecule has 1 aliphatic heterocycles. The summed E-state index contributed by atoms with van der Waals surface area (Å²) in [7, 11) is 0. The zero-order valence-corrected chi connectivity index (χ0v) is 18.7. The first kappa shape index (κ1) is 19.7. The molecule has 1 aliphatic rings. The molecule has 0 unspecified atom stereocenters. The highest BCUT2D eigenvalue weighted by molar-refractivity contribution is 7.20. The van der Waals surface area contributed by atoms with Crippen molar-refractivity contribution in [3.63, 3.8) is 0 Å². The Balaban J connectivity index is 1.35. The number of piperazine rings is 1. The first-order valence-electron chi connectivity index (χ1n) is 10.4. The van der Waals surface area contributed by atoms with E-state index in [1.807, 2.05) is 72.8 Å². The van der Waals surface area contributed by atoms with Gasteiger partial charge >= 0.3 is 0 Å². The predicted molar refractivity (Wildman–Crippen MR) is 123 cm³/mol. The van der Waals surface area contributed by atoms with Crippen molar-refractivity contribution in [2.45, 2.75) is 20.8 Å². The van der Waals surface area contributed by atoms with Crippen LogP contribution < -0.4 is 4.90 Å². The zero-order chi connectivity index (χ0) is 21.5. The maximum absolute atomic E-state index is 13.2. The number of carbonyl (C=O) groups is 1. The van der Waals surface area contributed by atoms with E-state index in [0.717, 1.165) is 56.9 Å². The molecule has 31 heavy (non-hydrogen) atoms. The van der Waals surface area contributed by atoms with Gasteiger partial charge in [-0.05, 0) is 39.0 Å². The predicted octanol–water partition coefficient (Wildman–Crippen LogP) is 3.76. The summed E-state index contributed by atoms with van der Waals surface area (Å²) in [5, 5.41) is 5.72. The lowest BCUT2D eigenvalue weighted by Crippen LogP contribution is -2.49. The Morgan fingerprint density at radius 2 is 1.71 bits per heavy atom. The highest BCUT2D eigenvalue weighted by Crippen LogP contribution is 2.31. The van der Waals surface area contributed by atoms with Crippen molar-refractivity contribution in [3.05, 3.63) is 64.6 Å². The third-order valence-corrected chi connectivity index (χ3v) is 6.70. The van der Waals surface area contributed by atoms with Gasteiger partial charge < -0.3 is 9.80 Å². The fourth-order valence-electron chi connectivity index (χ4n) is 4.05. The van der Waals surface area contributed by atoms with Gasteiger partial charge in [0.15, 0.2) is 0 Å². The molecule has 1 saturated heterocycles. The largest absolute Gasteiger partial charge is 0.353 e. The fourth-order valence-corrected chi connectivity index (χ4v) is 5.20. The Hall–Kier alpha value is -3.26. The average Bonchev–Trinajstić information content (AvgIpc) is 3.34. The molecule has 4 heterocycles. The highest BCUT2D eigenvalue weighted by Gasteiger charge is 2.25. The molecule has 0 bridgehead atoms. The summed E-state index contributed by atoms with van der Waals surface area (Å²) in [5.41, 5.74) is 2.91. The van der Waals surface area contributed by atoms with Gasteiger partial charge in [0.1, 0.15) is 16.5 Å². The minimum Gasteiger partial charge on any atom is -0.353 e. The minimum atomic E-state index is 0.0925. The van der Waals surface area contributed by atoms with E-state index in [0.29, 0.717) is 13.1 Å². The van der Waals surface area contributed by atoms with E-state index in [4.69, 9.17) is 0 Å². The number of amides is 1. The summed E-state index contributed by atoms with van der Waals surface area (Å²) in [6, 6.07) is 14.0. The van der Waals surface area contributed by atoms with Gasteiger partial charge in [-0.15, -0.1) is 11.3 Å². The van der Waals surface area contributed by atoms with Crippen LogP contribution in [0.4, 0.5) is 5.82 Å². The van der Waals surface area contributed by atoms with E-state index in [1.165, 1.54) is 11.3 Å². The molecule has 1 aromatic carbocycles. The molecule has 5 rings (SSSR count). The molecule has 1 amide bonds. The van der Waals surface area contributed by atoms with Gasteiger partial charge in [0.2, 0.25) is 0 Å². The van der Waals surface area contributed by atoms with Crippen LogP contribution in [0, 0.1) is 20.8 Å². The molecule has 158 valence electrons. The van der Waals surface area contributed by atoms with E-state index in [2.05, 4.69) is 20.0 Å². The maximum atomic E-state index is 13.2. The molecule has 0 atom stereocenters. The van der Waals surface area contributed by atoms with Crippen LogP contribution in [0.25, 0.3) is 15.9 Å². The van der Waals surface area contributed by atoms with Gasteiger partial charge in [-0.1, -0.05) is 18.2 Å². The second-order valence-electron chi connectivity index (χ2n) is 7.86. The molecular formula is C23H24N6OS. The number of anilines is 1. The molecule has 7 nitrogen and oxygen atoms in total. The Morgan fingerprint density at radius 1 is 0.968 bits per heavy atom. The molecule has 0 spiro atoms. The Morgan fingerprint density at radius 3 is 2.42 bits per heavy atom. The van der Waals surface area contributed by atoms with Crippen molar-refractivity contribution in [3.8, 4) is 5.69 Å². The number of aromatic nitrogens is 4. The highest BCUT2D eigenvalue weighted by atomic mass is 32.1. The van der Waals surface area contributed by atoms with Crippen LogP contribution in [-0.4, -0.2) is 56.7 Å². The normalized spacial score (nSPS) is 14.4.